The van der Waals surface area contributed by atoms with E-state index in [4.69, 9.17) is 10.5 Å². The largest absolute Gasteiger partial charge is 0.486 e. The van der Waals surface area contributed by atoms with Crippen LogP contribution in [-0.2, 0) is 27.1 Å². The van der Waals surface area contributed by atoms with Gasteiger partial charge in [0.2, 0.25) is 0 Å². The molecule has 0 aliphatic heterocycles. The molecule has 0 spiro atoms. The van der Waals surface area contributed by atoms with E-state index in [2.05, 4.69) is 17.1 Å². The van der Waals surface area contributed by atoms with Crippen LogP contribution in [0.5, 0.6) is 5.75 Å². The van der Waals surface area contributed by atoms with Crippen LogP contribution in [0.2, 0.25) is 0 Å². The fourth-order valence-corrected chi connectivity index (χ4v) is 4.97. The third-order valence-corrected chi connectivity index (χ3v) is 7.37. The van der Waals surface area contributed by atoms with Gasteiger partial charge in [0.05, 0.1) is 11.8 Å². The summed E-state index contributed by atoms with van der Waals surface area (Å²) in [5.41, 5.74) is 6.68. The van der Waals surface area contributed by atoms with Gasteiger partial charge in [-0.3, -0.25) is 23.3 Å². The maximum absolute atomic E-state index is 13.1. The number of aromatic nitrogens is 5. The molecule has 0 saturated heterocycles. The van der Waals surface area contributed by atoms with Crippen molar-refractivity contribution in [1.29, 1.82) is 0 Å². The second-order valence-corrected chi connectivity index (χ2v) is 9.76. The molecule has 10 nitrogen and oxygen atoms in total. The number of hydrogen-bond donors (Lipinski definition) is 1. The molecule has 0 saturated carbocycles. The van der Waals surface area contributed by atoms with E-state index in [0.29, 0.717) is 11.0 Å². The number of ketones is 1. The second-order valence-electron chi connectivity index (χ2n) is 8.82. The van der Waals surface area contributed by atoms with Crippen molar-refractivity contribution in [3.63, 3.8) is 0 Å². The summed E-state index contributed by atoms with van der Waals surface area (Å²) in [6, 6.07) is 17.6. The van der Waals surface area contributed by atoms with E-state index < -0.39 is 17.0 Å². The maximum Gasteiger partial charge on any atom is 0.332 e. The Labute approximate surface area is 224 Å². The molecular weight excluding hydrogens is 504 g/mol. The fraction of sp³-hybridized carbons (Fsp3) is 0.296. The molecule has 2 aromatic heterocycles. The molecule has 0 radical (unpaired) electrons. The van der Waals surface area contributed by atoms with E-state index in [1.54, 1.807) is 0 Å². The normalized spacial score (nSPS) is 11.9. The van der Waals surface area contributed by atoms with E-state index >= 15 is 0 Å². The van der Waals surface area contributed by atoms with Crippen molar-refractivity contribution >= 4 is 23.4 Å². The Morgan fingerprint density at radius 3 is 2.37 bits per heavy atom. The third-order valence-electron chi connectivity index (χ3n) is 6.43. The lowest BCUT2D eigenvalue weighted by Gasteiger charge is -2.19. The van der Waals surface area contributed by atoms with Gasteiger partial charge >= 0.3 is 5.69 Å². The van der Waals surface area contributed by atoms with Gasteiger partial charge in [-0.15, -0.1) is 10.2 Å². The maximum atomic E-state index is 13.1. The summed E-state index contributed by atoms with van der Waals surface area (Å²) in [5.74, 6) is 0.532. The zero-order valence-corrected chi connectivity index (χ0v) is 22.6. The first kappa shape index (κ1) is 26.9. The minimum absolute atomic E-state index is 0.114. The van der Waals surface area contributed by atoms with Crippen LogP contribution in [0.25, 0.3) is 0 Å². The molecule has 0 bridgehead atoms. The smallest absolute Gasteiger partial charge is 0.332 e. The van der Waals surface area contributed by atoms with Gasteiger partial charge in [0.1, 0.15) is 23.7 Å². The van der Waals surface area contributed by atoms with Gasteiger partial charge in [-0.1, -0.05) is 61.2 Å². The molecular formula is C27H30N6O4S. The Kier molecular flexibility index (Phi) is 8.16. The summed E-state index contributed by atoms with van der Waals surface area (Å²) < 4.78 is 9.89. The van der Waals surface area contributed by atoms with Gasteiger partial charge in [-0.25, -0.2) is 4.79 Å². The Bertz CT molecular complexity index is 1560. The predicted molar refractivity (Wildman–Crippen MR) is 147 cm³/mol. The Balaban J connectivity index is 1.61. The third kappa shape index (κ3) is 5.42. The Morgan fingerprint density at radius 1 is 1.03 bits per heavy atom. The fourth-order valence-electron chi connectivity index (χ4n) is 4.07. The van der Waals surface area contributed by atoms with E-state index in [1.807, 2.05) is 66.1 Å². The second kappa shape index (κ2) is 11.5. The highest BCUT2D eigenvalue weighted by Gasteiger charge is 2.24. The molecule has 198 valence electrons. The molecule has 1 atom stereocenters. The first-order valence-corrected chi connectivity index (χ1v) is 13.1. The van der Waals surface area contributed by atoms with Gasteiger partial charge in [0.15, 0.2) is 16.8 Å². The quantitative estimate of drug-likeness (QED) is 0.243. The van der Waals surface area contributed by atoms with Gasteiger partial charge in [0, 0.05) is 14.1 Å². The number of nitrogens with two attached hydrogens (primary N) is 1. The van der Waals surface area contributed by atoms with E-state index in [9.17, 15) is 14.4 Å². The first-order valence-electron chi connectivity index (χ1n) is 12.1. The van der Waals surface area contributed by atoms with Crippen LogP contribution in [0.4, 0.5) is 5.82 Å². The topological polar surface area (TPSA) is 127 Å². The lowest BCUT2D eigenvalue weighted by molar-refractivity contribution is 0.102. The summed E-state index contributed by atoms with van der Waals surface area (Å²) in [7, 11) is 2.73. The highest BCUT2D eigenvalue weighted by molar-refractivity contribution is 7.99. The van der Waals surface area contributed by atoms with Crippen molar-refractivity contribution in [3.05, 3.63) is 98.0 Å². The number of aryl methyl sites for hydroxylation is 1. The number of ether oxygens (including phenoxy) is 1. The molecule has 38 heavy (non-hydrogen) atoms. The van der Waals surface area contributed by atoms with Crippen LogP contribution in [0.3, 0.4) is 0 Å². The molecule has 11 heteroatoms. The number of nitrogens with zero attached hydrogens (tertiary/aromatic N) is 5. The first-order chi connectivity index (χ1) is 18.2. The minimum Gasteiger partial charge on any atom is -0.486 e. The molecule has 0 aliphatic rings. The van der Waals surface area contributed by atoms with Crippen LogP contribution < -0.4 is 21.7 Å². The number of hydrogen-bond acceptors (Lipinski definition) is 8. The monoisotopic (exact) mass is 534 g/mol. The summed E-state index contributed by atoms with van der Waals surface area (Å²) in [6.45, 7) is 4.29. The highest BCUT2D eigenvalue weighted by Crippen LogP contribution is 2.28. The summed E-state index contributed by atoms with van der Waals surface area (Å²) in [6.07, 6.45) is 0.944. The predicted octanol–water partition coefficient (Wildman–Crippen LogP) is 2.98. The van der Waals surface area contributed by atoms with Crippen molar-refractivity contribution in [2.45, 2.75) is 38.1 Å². The van der Waals surface area contributed by atoms with Crippen LogP contribution in [0, 0.1) is 0 Å². The number of Topliss-reactive ketones (excluding diaryl/α,β-unsaturated/α-hetero) is 1. The van der Waals surface area contributed by atoms with Crippen LogP contribution in [0.1, 0.15) is 47.2 Å². The molecule has 1 unspecified atom stereocenters. The van der Waals surface area contributed by atoms with E-state index in [0.717, 1.165) is 38.6 Å². The summed E-state index contributed by atoms with van der Waals surface area (Å²) in [4.78, 5) is 37.8. The van der Waals surface area contributed by atoms with Crippen LogP contribution >= 0.6 is 11.8 Å². The van der Waals surface area contributed by atoms with Crippen molar-refractivity contribution in [2.75, 3.05) is 11.5 Å². The zero-order chi connectivity index (χ0) is 27.4. The van der Waals surface area contributed by atoms with Gasteiger partial charge in [-0.05, 0) is 36.6 Å². The SMILES string of the molecule is CCc1ccc(OCc2nnc(SCC(=O)c3c(N)n(C)c(=O)n(C)c3=O)n2C(C)c2ccccc2)cc1. The number of carbonyl (C=O) groups excluding carboxylic acids is 1. The standard InChI is InChI=1S/C27H30N6O4S/c1-5-18-11-13-20(14-12-18)37-15-22-29-30-26(33(22)17(2)19-9-7-6-8-10-19)38-16-21(34)23-24(28)31(3)27(36)32(4)25(23)35/h6-14,17H,5,15-16,28H2,1-4H3. The van der Waals surface area contributed by atoms with Crippen molar-refractivity contribution < 1.29 is 9.53 Å². The summed E-state index contributed by atoms with van der Waals surface area (Å²) >= 11 is 1.15. The molecule has 2 N–H and O–H groups in total. The zero-order valence-electron chi connectivity index (χ0n) is 21.7. The average molecular weight is 535 g/mol. The van der Waals surface area contributed by atoms with E-state index in [-0.39, 0.29) is 29.8 Å². The number of benzene rings is 2. The number of rotatable bonds is 10. The molecule has 0 amide bonds. The molecule has 0 fully saturated rings. The molecule has 2 heterocycles. The lowest BCUT2D eigenvalue weighted by Crippen LogP contribution is -2.41. The van der Waals surface area contributed by atoms with Gasteiger partial charge < -0.3 is 10.5 Å². The van der Waals surface area contributed by atoms with Crippen molar-refractivity contribution in [2.24, 2.45) is 14.1 Å². The average Bonchev–Trinajstić information content (AvgIpc) is 3.35. The van der Waals surface area contributed by atoms with Gasteiger partial charge in [-0.2, -0.15) is 0 Å². The molecule has 4 aromatic rings. The number of anilines is 1. The highest BCUT2D eigenvalue weighted by atomic mass is 32.2. The molecule has 0 aliphatic carbocycles. The Hall–Kier alpha value is -4.12. The van der Waals surface area contributed by atoms with Crippen molar-refractivity contribution in [1.82, 2.24) is 23.9 Å². The van der Waals surface area contributed by atoms with Crippen LogP contribution in [-0.4, -0.2) is 35.4 Å². The lowest BCUT2D eigenvalue weighted by atomic mass is 10.1. The van der Waals surface area contributed by atoms with Crippen LogP contribution in [0.15, 0.2) is 69.3 Å². The number of carbonyl (C=O) groups is 1. The number of nitrogen functional groups attached to an aromatic ring is 1. The molecule has 2 aromatic carbocycles. The Morgan fingerprint density at radius 2 is 1.71 bits per heavy atom. The minimum atomic E-state index is -0.724. The van der Waals surface area contributed by atoms with Crippen molar-refractivity contribution in [3.8, 4) is 5.75 Å². The number of thioether (sulfide) groups is 1. The molecule has 4 rings (SSSR count). The van der Waals surface area contributed by atoms with E-state index in [1.165, 1.54) is 19.7 Å². The summed E-state index contributed by atoms with van der Waals surface area (Å²) in [5, 5.41) is 9.19. The van der Waals surface area contributed by atoms with Gasteiger partial charge in [0.25, 0.3) is 5.56 Å².